The molecule has 1 fully saturated rings. The van der Waals surface area contributed by atoms with E-state index in [0.29, 0.717) is 13.0 Å². The lowest BCUT2D eigenvalue weighted by molar-refractivity contribution is -0.143. The Balaban J connectivity index is 1.58. The molecule has 0 radical (unpaired) electrons. The van der Waals surface area contributed by atoms with E-state index in [9.17, 15) is 4.79 Å². The lowest BCUT2D eigenvalue weighted by Gasteiger charge is -2.05. The molecule has 86 valence electrons. The molecule has 1 saturated heterocycles. The van der Waals surface area contributed by atoms with Crippen LogP contribution in [-0.2, 0) is 16.0 Å². The average Bonchev–Trinajstić information content (AvgIpc) is 3.12. The van der Waals surface area contributed by atoms with Crippen molar-refractivity contribution in [1.82, 2.24) is 4.90 Å². The summed E-state index contributed by atoms with van der Waals surface area (Å²) >= 11 is 0. The summed E-state index contributed by atoms with van der Waals surface area (Å²) in [6, 6.07) is 10.1. The Morgan fingerprint density at radius 3 is 2.69 bits per heavy atom. The highest BCUT2D eigenvalue weighted by Crippen LogP contribution is 2.05. The van der Waals surface area contributed by atoms with Crippen molar-refractivity contribution >= 4 is 5.97 Å². The van der Waals surface area contributed by atoms with Gasteiger partial charge >= 0.3 is 5.97 Å². The fourth-order valence-corrected chi connectivity index (χ4v) is 1.54. The van der Waals surface area contributed by atoms with Gasteiger partial charge < -0.3 is 9.64 Å². The van der Waals surface area contributed by atoms with Gasteiger partial charge in [-0.25, -0.2) is 0 Å². The minimum absolute atomic E-state index is 0.0807. The molecule has 3 nitrogen and oxygen atoms in total. The van der Waals surface area contributed by atoms with Crippen LogP contribution in [0.4, 0.5) is 0 Å². The lowest BCUT2D eigenvalue weighted by atomic mass is 10.2. The van der Waals surface area contributed by atoms with Gasteiger partial charge in [-0.1, -0.05) is 30.3 Å². The monoisotopic (exact) mass is 219 g/mol. The van der Waals surface area contributed by atoms with Crippen molar-refractivity contribution in [3.05, 3.63) is 35.9 Å². The fraction of sp³-hybridized carbons (Fsp3) is 0.462. The molecule has 0 saturated carbocycles. The van der Waals surface area contributed by atoms with Gasteiger partial charge in [-0.2, -0.15) is 0 Å². The molecule has 1 heterocycles. The first-order chi connectivity index (χ1) is 7.84. The van der Waals surface area contributed by atoms with Crippen molar-refractivity contribution in [3.8, 4) is 0 Å². The Morgan fingerprint density at radius 1 is 1.25 bits per heavy atom. The number of nitrogens with zero attached hydrogens (tertiary/aromatic N) is 1. The molecular formula is C13H17NO2. The second kappa shape index (κ2) is 5.66. The van der Waals surface area contributed by atoms with Gasteiger partial charge in [-0.05, 0) is 5.56 Å². The van der Waals surface area contributed by atoms with Crippen molar-refractivity contribution in [2.24, 2.45) is 0 Å². The van der Waals surface area contributed by atoms with Crippen LogP contribution in [0.1, 0.15) is 12.0 Å². The maximum atomic E-state index is 11.3. The molecule has 0 bridgehead atoms. The van der Waals surface area contributed by atoms with Crippen LogP contribution in [0.5, 0.6) is 0 Å². The van der Waals surface area contributed by atoms with Gasteiger partial charge in [0.25, 0.3) is 0 Å². The predicted molar refractivity (Wildman–Crippen MR) is 62.2 cm³/mol. The van der Waals surface area contributed by atoms with Crippen molar-refractivity contribution in [3.63, 3.8) is 0 Å². The number of carbonyl (C=O) groups is 1. The number of benzene rings is 1. The van der Waals surface area contributed by atoms with Gasteiger partial charge in [0, 0.05) is 26.1 Å². The Hall–Kier alpha value is -1.35. The van der Waals surface area contributed by atoms with Crippen LogP contribution in [0, 0.1) is 0 Å². The minimum Gasteiger partial charge on any atom is -0.465 e. The highest BCUT2D eigenvalue weighted by atomic mass is 16.5. The van der Waals surface area contributed by atoms with Crippen molar-refractivity contribution in [2.75, 3.05) is 26.2 Å². The molecule has 0 spiro atoms. The molecule has 0 aliphatic carbocycles. The normalized spacial score (nSPS) is 14.8. The van der Waals surface area contributed by atoms with Gasteiger partial charge in [-0.3, -0.25) is 4.79 Å². The van der Waals surface area contributed by atoms with Crippen LogP contribution in [-0.4, -0.2) is 37.1 Å². The summed E-state index contributed by atoms with van der Waals surface area (Å²) in [4.78, 5) is 13.5. The molecule has 1 aromatic carbocycles. The molecule has 1 aromatic rings. The maximum Gasteiger partial charge on any atom is 0.307 e. The summed E-state index contributed by atoms with van der Waals surface area (Å²) < 4.78 is 5.16. The maximum absolute atomic E-state index is 11.3. The van der Waals surface area contributed by atoms with E-state index < -0.39 is 0 Å². The zero-order chi connectivity index (χ0) is 11.2. The van der Waals surface area contributed by atoms with E-state index in [1.165, 1.54) is 5.56 Å². The summed E-state index contributed by atoms with van der Waals surface area (Å²) in [6.07, 6.45) is 1.32. The summed E-state index contributed by atoms with van der Waals surface area (Å²) in [5, 5.41) is 0. The number of hydrogen-bond acceptors (Lipinski definition) is 3. The van der Waals surface area contributed by atoms with Crippen LogP contribution in [0.15, 0.2) is 30.3 Å². The fourth-order valence-electron chi connectivity index (χ4n) is 1.54. The third-order valence-electron chi connectivity index (χ3n) is 2.67. The Morgan fingerprint density at radius 2 is 2.00 bits per heavy atom. The van der Waals surface area contributed by atoms with Gasteiger partial charge in [0.05, 0.1) is 13.0 Å². The van der Waals surface area contributed by atoms with Gasteiger partial charge in [-0.15, -0.1) is 0 Å². The molecule has 2 rings (SSSR count). The standard InChI is InChI=1S/C13H17NO2/c15-13(6-8-14-9-10-14)16-11-7-12-4-2-1-3-5-12/h1-5H,6-11H2. The highest BCUT2D eigenvalue weighted by Gasteiger charge is 2.17. The van der Waals surface area contributed by atoms with Crippen molar-refractivity contribution < 1.29 is 9.53 Å². The van der Waals surface area contributed by atoms with Crippen LogP contribution >= 0.6 is 0 Å². The molecule has 0 aromatic heterocycles. The van der Waals surface area contributed by atoms with E-state index >= 15 is 0 Å². The summed E-state index contributed by atoms with van der Waals surface area (Å²) in [6.45, 7) is 3.61. The summed E-state index contributed by atoms with van der Waals surface area (Å²) in [5.41, 5.74) is 1.21. The SMILES string of the molecule is O=C(CCN1CC1)OCCc1ccccc1. The number of hydrogen-bond donors (Lipinski definition) is 0. The van der Waals surface area contributed by atoms with Crippen LogP contribution in [0.3, 0.4) is 0 Å². The van der Waals surface area contributed by atoms with Gasteiger partial charge in [0.15, 0.2) is 0 Å². The molecule has 0 atom stereocenters. The third kappa shape index (κ3) is 4.03. The molecule has 0 N–H and O–H groups in total. The van der Waals surface area contributed by atoms with E-state index in [2.05, 4.69) is 4.90 Å². The first-order valence-electron chi connectivity index (χ1n) is 5.76. The van der Waals surface area contributed by atoms with E-state index in [-0.39, 0.29) is 5.97 Å². The van der Waals surface area contributed by atoms with E-state index in [1.54, 1.807) is 0 Å². The topological polar surface area (TPSA) is 29.3 Å². The summed E-state index contributed by atoms with van der Waals surface area (Å²) in [5.74, 6) is -0.0807. The third-order valence-corrected chi connectivity index (χ3v) is 2.67. The van der Waals surface area contributed by atoms with E-state index in [4.69, 9.17) is 4.74 Å². The average molecular weight is 219 g/mol. The Kier molecular flexibility index (Phi) is 3.94. The van der Waals surface area contributed by atoms with Gasteiger partial charge in [0.1, 0.15) is 0 Å². The minimum atomic E-state index is -0.0807. The number of ether oxygens (including phenoxy) is 1. The Labute approximate surface area is 96.0 Å². The van der Waals surface area contributed by atoms with Crippen molar-refractivity contribution in [1.29, 1.82) is 0 Å². The smallest absolute Gasteiger partial charge is 0.307 e. The molecule has 3 heteroatoms. The zero-order valence-electron chi connectivity index (χ0n) is 9.39. The number of esters is 1. The van der Waals surface area contributed by atoms with Crippen LogP contribution < -0.4 is 0 Å². The van der Waals surface area contributed by atoms with E-state index in [1.807, 2.05) is 30.3 Å². The molecule has 1 aliphatic rings. The van der Waals surface area contributed by atoms with Crippen molar-refractivity contribution in [2.45, 2.75) is 12.8 Å². The summed E-state index contributed by atoms with van der Waals surface area (Å²) in [7, 11) is 0. The molecule has 0 amide bonds. The van der Waals surface area contributed by atoms with Gasteiger partial charge in [0.2, 0.25) is 0 Å². The lowest BCUT2D eigenvalue weighted by Crippen LogP contribution is -2.12. The Bertz CT molecular complexity index is 333. The first kappa shape index (κ1) is 11.1. The molecule has 1 aliphatic heterocycles. The zero-order valence-corrected chi connectivity index (χ0v) is 9.39. The number of carbonyl (C=O) groups excluding carboxylic acids is 1. The molecule has 16 heavy (non-hydrogen) atoms. The molecule has 0 unspecified atom stereocenters. The first-order valence-corrected chi connectivity index (χ1v) is 5.76. The van der Waals surface area contributed by atoms with Crippen LogP contribution in [0.2, 0.25) is 0 Å². The van der Waals surface area contributed by atoms with E-state index in [0.717, 1.165) is 26.1 Å². The largest absolute Gasteiger partial charge is 0.465 e. The highest BCUT2D eigenvalue weighted by molar-refractivity contribution is 5.69. The van der Waals surface area contributed by atoms with Crippen LogP contribution in [0.25, 0.3) is 0 Å². The second-order valence-electron chi connectivity index (χ2n) is 4.05. The quantitative estimate of drug-likeness (QED) is 0.536. The molecular weight excluding hydrogens is 202 g/mol. The second-order valence-corrected chi connectivity index (χ2v) is 4.05. The predicted octanol–water partition coefficient (Wildman–Crippen LogP) is 1.48. The number of rotatable bonds is 6.